The van der Waals surface area contributed by atoms with Gasteiger partial charge in [0, 0.05) is 27.5 Å². The summed E-state index contributed by atoms with van der Waals surface area (Å²) in [6.07, 6.45) is 0. The number of nitrogens with zero attached hydrogens (tertiary/aromatic N) is 2. The lowest BCUT2D eigenvalue weighted by Gasteiger charge is -2.13. The molecule has 3 aromatic rings. The van der Waals surface area contributed by atoms with Gasteiger partial charge in [-0.15, -0.1) is 0 Å². The molecule has 0 saturated heterocycles. The van der Waals surface area contributed by atoms with Crippen molar-refractivity contribution in [1.29, 1.82) is 0 Å². The molecule has 0 fully saturated rings. The molecule has 0 radical (unpaired) electrons. The molecule has 0 atom stereocenters. The van der Waals surface area contributed by atoms with E-state index in [1.807, 2.05) is 0 Å². The van der Waals surface area contributed by atoms with Crippen LogP contribution < -0.4 is 10.7 Å². The molecule has 132 valence electrons. The minimum Gasteiger partial charge on any atom is -0.320 e. The smallest absolute Gasteiger partial charge is 0.280 e. The summed E-state index contributed by atoms with van der Waals surface area (Å²) in [5, 5.41) is 8.16. The maximum Gasteiger partial charge on any atom is 0.280 e. The number of rotatable bonds is 3. The fourth-order valence-corrected chi connectivity index (χ4v) is 2.94. The Morgan fingerprint density at radius 3 is 2.31 bits per heavy atom. The fourth-order valence-electron chi connectivity index (χ4n) is 2.33. The Labute approximate surface area is 164 Å². The summed E-state index contributed by atoms with van der Waals surface area (Å²) in [6.45, 7) is 1.69. The van der Waals surface area contributed by atoms with E-state index in [-0.39, 0.29) is 5.69 Å². The van der Waals surface area contributed by atoms with Gasteiger partial charge in [-0.1, -0.05) is 34.8 Å². The van der Waals surface area contributed by atoms with Crippen molar-refractivity contribution >= 4 is 46.4 Å². The highest BCUT2D eigenvalue weighted by Crippen LogP contribution is 2.24. The van der Waals surface area contributed by atoms with Crippen LogP contribution in [0.25, 0.3) is 5.69 Å². The Morgan fingerprint density at radius 1 is 1.00 bits per heavy atom. The number of hydrogen-bond acceptors (Lipinski definition) is 3. The van der Waals surface area contributed by atoms with Gasteiger partial charge in [0.25, 0.3) is 5.91 Å². The van der Waals surface area contributed by atoms with E-state index < -0.39 is 11.3 Å². The van der Waals surface area contributed by atoms with Crippen LogP contribution in [0, 0.1) is 6.92 Å². The summed E-state index contributed by atoms with van der Waals surface area (Å²) in [7, 11) is 0. The van der Waals surface area contributed by atoms with E-state index in [0.29, 0.717) is 32.1 Å². The maximum absolute atomic E-state index is 12.5. The van der Waals surface area contributed by atoms with Crippen LogP contribution in [0.3, 0.4) is 0 Å². The Morgan fingerprint density at radius 2 is 1.65 bits per heavy atom. The molecule has 0 unspecified atom stereocenters. The normalized spacial score (nSPS) is 10.6. The molecule has 1 amide bonds. The molecule has 1 heterocycles. The summed E-state index contributed by atoms with van der Waals surface area (Å²) in [5.41, 5.74) is 0.792. The third kappa shape index (κ3) is 3.90. The van der Waals surface area contributed by atoms with Gasteiger partial charge in [0.1, 0.15) is 0 Å². The molecular weight excluding hydrogens is 397 g/mol. The molecule has 0 saturated carbocycles. The number of aromatic nitrogens is 2. The molecular formula is C18H12Cl3N3O2. The molecule has 3 rings (SSSR count). The van der Waals surface area contributed by atoms with E-state index in [2.05, 4.69) is 10.4 Å². The number of amides is 1. The van der Waals surface area contributed by atoms with Crippen LogP contribution in [-0.4, -0.2) is 15.7 Å². The molecule has 8 heteroatoms. The summed E-state index contributed by atoms with van der Waals surface area (Å²) >= 11 is 18.0. The minimum absolute atomic E-state index is 0.253. The van der Waals surface area contributed by atoms with Gasteiger partial charge >= 0.3 is 0 Å². The first-order valence-corrected chi connectivity index (χ1v) is 8.62. The Hall–Kier alpha value is -2.34. The maximum atomic E-state index is 12.5. The van der Waals surface area contributed by atoms with Gasteiger partial charge in [0.2, 0.25) is 5.43 Å². The predicted octanol–water partition coefficient (Wildman–Crippen LogP) is 4.75. The second-order valence-electron chi connectivity index (χ2n) is 5.47. The zero-order valence-corrected chi connectivity index (χ0v) is 15.7. The van der Waals surface area contributed by atoms with Gasteiger partial charge in [-0.3, -0.25) is 9.59 Å². The molecule has 26 heavy (non-hydrogen) atoms. The van der Waals surface area contributed by atoms with Gasteiger partial charge in [-0.25, -0.2) is 4.68 Å². The van der Waals surface area contributed by atoms with Gasteiger partial charge in [0.15, 0.2) is 5.69 Å². The summed E-state index contributed by atoms with van der Waals surface area (Å²) in [5.74, 6) is -0.629. The summed E-state index contributed by atoms with van der Waals surface area (Å²) in [4.78, 5) is 24.7. The topological polar surface area (TPSA) is 64.0 Å². The Bertz CT molecular complexity index is 1050. The number of carbonyl (C=O) groups excluding carboxylic acids is 1. The van der Waals surface area contributed by atoms with Crippen LogP contribution in [0.5, 0.6) is 0 Å². The zero-order chi connectivity index (χ0) is 18.8. The molecule has 1 N–H and O–H groups in total. The van der Waals surface area contributed by atoms with Crippen LogP contribution in [0.1, 0.15) is 16.2 Å². The van der Waals surface area contributed by atoms with Crippen LogP contribution in [0.15, 0.2) is 53.3 Å². The third-order valence-corrected chi connectivity index (χ3v) is 4.35. The van der Waals surface area contributed by atoms with Crippen molar-refractivity contribution in [3.63, 3.8) is 0 Å². The molecule has 2 aromatic carbocycles. The van der Waals surface area contributed by atoms with Crippen LogP contribution in [0.4, 0.5) is 5.69 Å². The van der Waals surface area contributed by atoms with Crippen molar-refractivity contribution in [3.8, 4) is 5.69 Å². The molecule has 0 spiro atoms. The number of hydrogen-bond donors (Lipinski definition) is 1. The average molecular weight is 409 g/mol. The lowest BCUT2D eigenvalue weighted by Crippen LogP contribution is -2.27. The summed E-state index contributed by atoms with van der Waals surface area (Å²) < 4.78 is 1.43. The SMILES string of the molecule is Cc1cc(=O)c(C(=O)Nc2ccc(Cl)cc2)nn1-c1ccc(Cl)cc1Cl. The number of nitrogens with one attached hydrogen (secondary N) is 1. The van der Waals surface area contributed by atoms with Crippen molar-refractivity contribution in [2.75, 3.05) is 5.32 Å². The van der Waals surface area contributed by atoms with Crippen LogP contribution >= 0.6 is 34.8 Å². The third-order valence-electron chi connectivity index (χ3n) is 3.56. The molecule has 1 aromatic heterocycles. The predicted molar refractivity (Wildman–Crippen MR) is 104 cm³/mol. The highest BCUT2D eigenvalue weighted by molar-refractivity contribution is 6.35. The average Bonchev–Trinajstić information content (AvgIpc) is 2.58. The number of carbonyl (C=O) groups is 1. The Kier molecular flexibility index (Phi) is 5.32. The van der Waals surface area contributed by atoms with Crippen LogP contribution in [-0.2, 0) is 0 Å². The number of anilines is 1. The van der Waals surface area contributed by atoms with Crippen molar-refractivity contribution in [3.05, 3.63) is 85.2 Å². The lowest BCUT2D eigenvalue weighted by atomic mass is 10.2. The monoisotopic (exact) mass is 407 g/mol. The minimum atomic E-state index is -0.629. The van der Waals surface area contributed by atoms with E-state index in [4.69, 9.17) is 34.8 Å². The van der Waals surface area contributed by atoms with Crippen molar-refractivity contribution in [1.82, 2.24) is 9.78 Å². The zero-order valence-electron chi connectivity index (χ0n) is 13.5. The molecule has 0 aliphatic rings. The van der Waals surface area contributed by atoms with Crippen molar-refractivity contribution < 1.29 is 4.79 Å². The number of aryl methyl sites for hydroxylation is 1. The van der Waals surface area contributed by atoms with E-state index in [0.717, 1.165) is 0 Å². The van der Waals surface area contributed by atoms with E-state index in [1.165, 1.54) is 10.7 Å². The van der Waals surface area contributed by atoms with E-state index >= 15 is 0 Å². The molecule has 5 nitrogen and oxygen atoms in total. The van der Waals surface area contributed by atoms with Gasteiger partial charge in [0.05, 0.1) is 10.7 Å². The largest absolute Gasteiger partial charge is 0.320 e. The van der Waals surface area contributed by atoms with Crippen molar-refractivity contribution in [2.24, 2.45) is 0 Å². The van der Waals surface area contributed by atoms with Gasteiger partial charge in [-0.2, -0.15) is 5.10 Å². The second-order valence-corrected chi connectivity index (χ2v) is 6.75. The van der Waals surface area contributed by atoms with Gasteiger partial charge < -0.3 is 5.32 Å². The first-order chi connectivity index (χ1) is 12.3. The lowest BCUT2D eigenvalue weighted by molar-refractivity contribution is 0.101. The van der Waals surface area contributed by atoms with Crippen molar-refractivity contribution in [2.45, 2.75) is 6.92 Å². The summed E-state index contributed by atoms with van der Waals surface area (Å²) in [6, 6.07) is 12.7. The number of halogens is 3. The highest BCUT2D eigenvalue weighted by Gasteiger charge is 2.16. The highest BCUT2D eigenvalue weighted by atomic mass is 35.5. The number of benzene rings is 2. The molecule has 0 aliphatic heterocycles. The first kappa shape index (κ1) is 18.5. The van der Waals surface area contributed by atoms with E-state index in [1.54, 1.807) is 49.4 Å². The molecule has 0 bridgehead atoms. The molecule has 0 aliphatic carbocycles. The van der Waals surface area contributed by atoms with E-state index in [9.17, 15) is 9.59 Å². The quantitative estimate of drug-likeness (QED) is 0.680. The first-order valence-electron chi connectivity index (χ1n) is 7.48. The standard InChI is InChI=1S/C18H12Cl3N3O2/c1-10-8-16(25)17(18(26)22-13-5-2-11(19)3-6-13)23-24(10)15-7-4-12(20)9-14(15)21/h2-9H,1H3,(H,22,26). The second kappa shape index (κ2) is 7.50. The Balaban J connectivity index is 2.01. The van der Waals surface area contributed by atoms with Gasteiger partial charge in [-0.05, 0) is 49.4 Å². The fraction of sp³-hybridized carbons (Fsp3) is 0.0556. The van der Waals surface area contributed by atoms with Crippen LogP contribution in [0.2, 0.25) is 15.1 Å².